The fraction of sp³-hybridized carbons (Fsp3) is 0.185. The quantitative estimate of drug-likeness (QED) is 0.342. The summed E-state index contributed by atoms with van der Waals surface area (Å²) >= 11 is 0. The van der Waals surface area contributed by atoms with Gasteiger partial charge in [0.05, 0.1) is 36.8 Å². The molecule has 0 saturated heterocycles. The van der Waals surface area contributed by atoms with Gasteiger partial charge in [0.2, 0.25) is 5.91 Å². The molecule has 1 amide bonds. The van der Waals surface area contributed by atoms with Gasteiger partial charge in [-0.15, -0.1) is 0 Å². The van der Waals surface area contributed by atoms with Crippen LogP contribution in [0.2, 0.25) is 0 Å². The van der Waals surface area contributed by atoms with Crippen LogP contribution in [0.4, 0.5) is 5.69 Å². The molecule has 0 bridgehead atoms. The number of methoxy groups -OCH3 is 2. The number of benzene rings is 3. The standard InChI is InChI=1S/C27H28N4O5S/c1-20-8-10-22(11-9-20)31(37(33,34)23-12-13-25(35-2)26(16-23)36-3)18-27(32)29-17-21-6-4-5-7-24(21)30-15-14-28-19-30/h4-16,19H,17-18H2,1-3H3,(H,29,32). The van der Waals surface area contributed by atoms with Crippen molar-refractivity contribution in [2.45, 2.75) is 18.4 Å². The number of ether oxygens (including phenoxy) is 2. The summed E-state index contributed by atoms with van der Waals surface area (Å²) in [6.45, 7) is 1.71. The Kier molecular flexibility index (Phi) is 7.78. The highest BCUT2D eigenvalue weighted by molar-refractivity contribution is 7.92. The molecular formula is C27H28N4O5S. The van der Waals surface area contributed by atoms with Gasteiger partial charge in [0.1, 0.15) is 6.54 Å². The number of rotatable bonds is 10. The van der Waals surface area contributed by atoms with Crippen LogP contribution >= 0.6 is 0 Å². The summed E-state index contributed by atoms with van der Waals surface area (Å²) in [5, 5.41) is 2.85. The SMILES string of the molecule is COc1ccc(S(=O)(=O)N(CC(=O)NCc2ccccc2-n2ccnc2)c2ccc(C)cc2)cc1OC. The minimum Gasteiger partial charge on any atom is -0.493 e. The van der Waals surface area contributed by atoms with E-state index >= 15 is 0 Å². The van der Waals surface area contributed by atoms with Gasteiger partial charge in [-0.2, -0.15) is 0 Å². The lowest BCUT2D eigenvalue weighted by Crippen LogP contribution is -2.40. The maximum atomic E-state index is 13.7. The lowest BCUT2D eigenvalue weighted by atomic mass is 10.1. The van der Waals surface area contributed by atoms with Crippen LogP contribution in [0, 0.1) is 6.92 Å². The smallest absolute Gasteiger partial charge is 0.264 e. The van der Waals surface area contributed by atoms with Gasteiger partial charge in [0.15, 0.2) is 11.5 Å². The van der Waals surface area contributed by atoms with Gasteiger partial charge in [-0.1, -0.05) is 35.9 Å². The molecule has 0 spiro atoms. The lowest BCUT2D eigenvalue weighted by Gasteiger charge is -2.25. The second kappa shape index (κ2) is 11.2. The van der Waals surface area contributed by atoms with Gasteiger partial charge < -0.3 is 19.4 Å². The molecule has 10 heteroatoms. The number of carbonyl (C=O) groups is 1. The van der Waals surface area contributed by atoms with Crippen LogP contribution in [0.15, 0.2) is 90.3 Å². The van der Waals surface area contributed by atoms with Gasteiger partial charge in [0.25, 0.3) is 10.0 Å². The van der Waals surface area contributed by atoms with Crippen molar-refractivity contribution in [2.75, 3.05) is 25.1 Å². The van der Waals surface area contributed by atoms with E-state index in [-0.39, 0.29) is 17.2 Å². The van der Waals surface area contributed by atoms with Crippen molar-refractivity contribution in [1.82, 2.24) is 14.9 Å². The van der Waals surface area contributed by atoms with Crippen LogP contribution in [0.25, 0.3) is 5.69 Å². The van der Waals surface area contributed by atoms with Crippen LogP contribution < -0.4 is 19.1 Å². The summed E-state index contributed by atoms with van der Waals surface area (Å²) in [5.41, 5.74) is 3.06. The Bertz CT molecular complexity index is 1470. The predicted octanol–water partition coefficient (Wildman–Crippen LogP) is 3.71. The Balaban J connectivity index is 1.61. The molecule has 1 N–H and O–H groups in total. The summed E-state index contributed by atoms with van der Waals surface area (Å²) in [7, 11) is -1.22. The molecule has 3 aromatic carbocycles. The van der Waals surface area contributed by atoms with E-state index in [9.17, 15) is 13.2 Å². The van der Waals surface area contributed by atoms with Crippen molar-refractivity contribution >= 4 is 21.6 Å². The normalized spacial score (nSPS) is 11.1. The number of aromatic nitrogens is 2. The van der Waals surface area contributed by atoms with Crippen molar-refractivity contribution in [3.8, 4) is 17.2 Å². The zero-order valence-corrected chi connectivity index (χ0v) is 21.6. The zero-order valence-electron chi connectivity index (χ0n) is 20.8. The third-order valence-corrected chi connectivity index (χ3v) is 7.57. The maximum absolute atomic E-state index is 13.7. The molecule has 0 aliphatic rings. The molecule has 0 aliphatic heterocycles. The maximum Gasteiger partial charge on any atom is 0.264 e. The Morgan fingerprint density at radius 3 is 2.41 bits per heavy atom. The van der Waals surface area contributed by atoms with E-state index in [0.29, 0.717) is 11.4 Å². The number of imidazole rings is 1. The average molecular weight is 521 g/mol. The van der Waals surface area contributed by atoms with Gasteiger partial charge in [-0.05, 0) is 42.8 Å². The number of aryl methyl sites for hydroxylation is 1. The number of anilines is 1. The highest BCUT2D eigenvalue weighted by Crippen LogP contribution is 2.32. The molecular weight excluding hydrogens is 492 g/mol. The largest absolute Gasteiger partial charge is 0.493 e. The minimum atomic E-state index is -4.12. The topological polar surface area (TPSA) is 103 Å². The average Bonchev–Trinajstić information content (AvgIpc) is 3.46. The monoisotopic (exact) mass is 520 g/mol. The van der Waals surface area contributed by atoms with Crippen LogP contribution in [-0.4, -0.2) is 44.6 Å². The van der Waals surface area contributed by atoms with Gasteiger partial charge in [0, 0.05) is 25.0 Å². The first-order chi connectivity index (χ1) is 17.8. The third kappa shape index (κ3) is 5.75. The van der Waals surface area contributed by atoms with Crippen molar-refractivity contribution in [2.24, 2.45) is 0 Å². The highest BCUT2D eigenvalue weighted by Gasteiger charge is 2.28. The first-order valence-electron chi connectivity index (χ1n) is 11.5. The molecule has 0 atom stereocenters. The number of hydrogen-bond donors (Lipinski definition) is 1. The Hall–Kier alpha value is -4.31. The Morgan fingerprint density at radius 2 is 1.73 bits per heavy atom. The molecule has 0 unspecified atom stereocenters. The fourth-order valence-corrected chi connectivity index (χ4v) is 5.26. The van der Waals surface area contributed by atoms with Crippen LogP contribution in [-0.2, 0) is 21.4 Å². The van der Waals surface area contributed by atoms with E-state index in [1.165, 1.54) is 32.4 Å². The van der Waals surface area contributed by atoms with E-state index in [1.54, 1.807) is 36.8 Å². The van der Waals surface area contributed by atoms with E-state index in [1.807, 2.05) is 42.0 Å². The summed E-state index contributed by atoms with van der Waals surface area (Å²) in [6.07, 6.45) is 5.17. The number of nitrogens with zero attached hydrogens (tertiary/aromatic N) is 3. The zero-order chi connectivity index (χ0) is 26.4. The van der Waals surface area contributed by atoms with Crippen molar-refractivity contribution < 1.29 is 22.7 Å². The van der Waals surface area contributed by atoms with Crippen molar-refractivity contribution in [3.05, 3.63) is 96.6 Å². The molecule has 1 aromatic heterocycles. The first kappa shape index (κ1) is 25.8. The van der Waals surface area contributed by atoms with Gasteiger partial charge in [-0.25, -0.2) is 13.4 Å². The molecule has 0 fully saturated rings. The van der Waals surface area contributed by atoms with Gasteiger partial charge in [-0.3, -0.25) is 9.10 Å². The van der Waals surface area contributed by atoms with Crippen molar-refractivity contribution in [1.29, 1.82) is 0 Å². The summed E-state index contributed by atoms with van der Waals surface area (Å²) in [4.78, 5) is 17.1. The Labute approximate surface area is 216 Å². The fourth-order valence-electron chi connectivity index (χ4n) is 3.82. The molecule has 1 heterocycles. The second-order valence-electron chi connectivity index (χ2n) is 8.24. The van der Waals surface area contributed by atoms with E-state index in [2.05, 4.69) is 10.3 Å². The molecule has 0 radical (unpaired) electrons. The first-order valence-corrected chi connectivity index (χ1v) is 12.9. The van der Waals surface area contributed by atoms with Crippen molar-refractivity contribution in [3.63, 3.8) is 0 Å². The Morgan fingerprint density at radius 1 is 1.00 bits per heavy atom. The molecule has 9 nitrogen and oxygen atoms in total. The molecule has 4 aromatic rings. The molecule has 192 valence electrons. The minimum absolute atomic E-state index is 0.0241. The van der Waals surface area contributed by atoms with Crippen LogP contribution in [0.1, 0.15) is 11.1 Å². The number of carbonyl (C=O) groups excluding carboxylic acids is 1. The third-order valence-electron chi connectivity index (χ3n) is 5.80. The predicted molar refractivity (Wildman–Crippen MR) is 141 cm³/mol. The summed E-state index contributed by atoms with van der Waals surface area (Å²) < 4.78 is 40.9. The molecule has 37 heavy (non-hydrogen) atoms. The highest BCUT2D eigenvalue weighted by atomic mass is 32.2. The van der Waals surface area contributed by atoms with E-state index in [0.717, 1.165) is 21.1 Å². The van der Waals surface area contributed by atoms with Crippen LogP contribution in [0.5, 0.6) is 11.5 Å². The lowest BCUT2D eigenvalue weighted by molar-refractivity contribution is -0.119. The molecule has 0 aliphatic carbocycles. The van der Waals surface area contributed by atoms with E-state index < -0.39 is 22.5 Å². The molecule has 0 saturated carbocycles. The number of amides is 1. The van der Waals surface area contributed by atoms with E-state index in [4.69, 9.17) is 9.47 Å². The number of sulfonamides is 1. The second-order valence-corrected chi connectivity index (χ2v) is 10.1. The number of hydrogen-bond acceptors (Lipinski definition) is 6. The summed E-state index contributed by atoms with van der Waals surface area (Å²) in [5.74, 6) is 0.218. The number of para-hydroxylation sites is 1. The van der Waals surface area contributed by atoms with Gasteiger partial charge >= 0.3 is 0 Å². The summed E-state index contributed by atoms with van der Waals surface area (Å²) in [6, 6.07) is 18.9. The van der Waals surface area contributed by atoms with Crippen LogP contribution in [0.3, 0.4) is 0 Å². The number of nitrogens with one attached hydrogen (secondary N) is 1. The molecule has 4 rings (SSSR count).